The Hall–Kier alpha value is -2.63. The molecule has 2 N–H and O–H groups in total. The van der Waals surface area contributed by atoms with Gasteiger partial charge in [-0.2, -0.15) is 0 Å². The fourth-order valence-corrected chi connectivity index (χ4v) is 4.37. The lowest BCUT2D eigenvalue weighted by Crippen LogP contribution is -2.35. The fraction of sp³-hybridized carbons (Fsp3) is 0.458. The van der Waals surface area contributed by atoms with Crippen LogP contribution in [0.4, 0.5) is 14.5 Å². The van der Waals surface area contributed by atoms with Gasteiger partial charge in [0, 0.05) is 17.9 Å². The first-order chi connectivity index (χ1) is 14.4. The van der Waals surface area contributed by atoms with Gasteiger partial charge in [0.1, 0.15) is 29.5 Å². The van der Waals surface area contributed by atoms with Crippen LogP contribution in [0.5, 0.6) is 5.75 Å². The number of benzene rings is 2. The molecule has 1 heterocycles. The third-order valence-corrected chi connectivity index (χ3v) is 6.36. The molecule has 0 radical (unpaired) electrons. The van der Waals surface area contributed by atoms with Crippen molar-refractivity contribution in [2.45, 2.75) is 51.6 Å². The van der Waals surface area contributed by atoms with E-state index in [1.165, 1.54) is 18.6 Å². The summed E-state index contributed by atoms with van der Waals surface area (Å²) in [7, 11) is 0. The maximum atomic E-state index is 15.0. The van der Waals surface area contributed by atoms with Crippen LogP contribution < -0.4 is 9.64 Å². The summed E-state index contributed by atoms with van der Waals surface area (Å²) in [5.41, 5.74) is 2.15. The number of halogens is 2. The Bertz CT molecular complexity index is 911. The van der Waals surface area contributed by atoms with Crippen molar-refractivity contribution in [3.8, 4) is 16.9 Å². The van der Waals surface area contributed by atoms with E-state index in [-0.39, 0.29) is 24.1 Å². The third-order valence-electron chi connectivity index (χ3n) is 6.36. The van der Waals surface area contributed by atoms with E-state index in [0.29, 0.717) is 31.5 Å². The molecule has 2 fully saturated rings. The molecule has 30 heavy (non-hydrogen) atoms. The molecule has 6 heteroatoms. The molecule has 4 nitrogen and oxygen atoms in total. The molecule has 0 spiro atoms. The smallest absolute Gasteiger partial charge is 0.516 e. The molecule has 2 aromatic carbocycles. The average molecular weight is 416 g/mol. The van der Waals surface area contributed by atoms with Gasteiger partial charge in [-0.3, -0.25) is 0 Å². The Kier molecular flexibility index (Phi) is 5.93. The SMILES string of the molecule is Cc1c(OC2CCC2)cccc1-c1cc(F)c(N2CCC(CC(=O)[OH2+])CC2)c(F)c1. The van der Waals surface area contributed by atoms with Crippen molar-refractivity contribution in [1.29, 1.82) is 0 Å². The highest BCUT2D eigenvalue weighted by Crippen LogP contribution is 2.37. The van der Waals surface area contributed by atoms with E-state index in [1.807, 2.05) is 25.1 Å². The molecule has 1 saturated carbocycles. The summed E-state index contributed by atoms with van der Waals surface area (Å²) in [5.74, 6) is -0.839. The molecular weight excluding hydrogens is 388 g/mol. The second kappa shape index (κ2) is 8.62. The Morgan fingerprint density at radius 2 is 1.80 bits per heavy atom. The summed E-state index contributed by atoms with van der Waals surface area (Å²) in [6.45, 7) is 2.88. The van der Waals surface area contributed by atoms with Crippen LogP contribution in [0.3, 0.4) is 0 Å². The van der Waals surface area contributed by atoms with Crippen LogP contribution in [0, 0.1) is 24.5 Å². The minimum Gasteiger partial charge on any atom is -0.565 e. The molecule has 2 aliphatic rings. The minimum atomic E-state index is -0.579. The number of hydrogen-bond acceptors (Lipinski definition) is 3. The number of nitrogens with zero attached hydrogens (tertiary/aromatic N) is 1. The molecular formula is C24H28F2NO3+. The number of carbonyl (C=O) groups excluding carboxylic acids is 1. The van der Waals surface area contributed by atoms with Crippen molar-refractivity contribution in [3.05, 3.63) is 47.5 Å². The van der Waals surface area contributed by atoms with Crippen molar-refractivity contribution < 1.29 is 23.4 Å². The number of ether oxygens (including phenoxy) is 1. The van der Waals surface area contributed by atoms with E-state index < -0.39 is 17.6 Å². The summed E-state index contributed by atoms with van der Waals surface area (Å²) in [5, 5.41) is 7.10. The fourth-order valence-electron chi connectivity index (χ4n) is 4.37. The van der Waals surface area contributed by atoms with Crippen molar-refractivity contribution >= 4 is 11.7 Å². The van der Waals surface area contributed by atoms with Gasteiger partial charge in [0.25, 0.3) is 0 Å². The quantitative estimate of drug-likeness (QED) is 0.640. The Morgan fingerprint density at radius 3 is 2.37 bits per heavy atom. The highest BCUT2D eigenvalue weighted by Gasteiger charge is 2.27. The predicted molar refractivity (Wildman–Crippen MR) is 113 cm³/mol. The predicted octanol–water partition coefficient (Wildman–Crippen LogP) is 4.73. The van der Waals surface area contributed by atoms with E-state index in [0.717, 1.165) is 29.7 Å². The number of rotatable bonds is 6. The lowest BCUT2D eigenvalue weighted by atomic mass is 9.93. The van der Waals surface area contributed by atoms with Gasteiger partial charge in [-0.05, 0) is 79.8 Å². The van der Waals surface area contributed by atoms with Gasteiger partial charge in [0.15, 0.2) is 0 Å². The van der Waals surface area contributed by atoms with E-state index >= 15 is 0 Å². The zero-order valence-corrected chi connectivity index (χ0v) is 17.2. The topological polar surface area (TPSA) is 52.4 Å². The Morgan fingerprint density at radius 1 is 1.13 bits per heavy atom. The summed E-state index contributed by atoms with van der Waals surface area (Å²) >= 11 is 0. The van der Waals surface area contributed by atoms with Crippen molar-refractivity contribution in [2.75, 3.05) is 18.0 Å². The summed E-state index contributed by atoms with van der Waals surface area (Å²) < 4.78 is 36.0. The van der Waals surface area contributed by atoms with Gasteiger partial charge in [0.2, 0.25) is 0 Å². The highest BCUT2D eigenvalue weighted by molar-refractivity contribution is 5.72. The average Bonchev–Trinajstić information content (AvgIpc) is 2.66. The lowest BCUT2D eigenvalue weighted by Gasteiger charge is -2.33. The van der Waals surface area contributed by atoms with E-state index in [9.17, 15) is 13.6 Å². The maximum Gasteiger partial charge on any atom is 0.516 e. The van der Waals surface area contributed by atoms with Gasteiger partial charge in [-0.1, -0.05) is 12.1 Å². The second-order valence-electron chi connectivity index (χ2n) is 8.45. The number of piperidine rings is 1. The molecule has 4 rings (SSSR count). The molecule has 1 aliphatic carbocycles. The lowest BCUT2D eigenvalue weighted by molar-refractivity contribution is -0.138. The normalized spacial score (nSPS) is 17.6. The van der Waals surface area contributed by atoms with Gasteiger partial charge < -0.3 is 14.7 Å². The summed E-state index contributed by atoms with van der Waals surface area (Å²) in [4.78, 5) is 12.7. The van der Waals surface area contributed by atoms with Crippen LogP contribution in [0.15, 0.2) is 30.3 Å². The number of carbonyl (C=O) groups is 1. The van der Waals surface area contributed by atoms with E-state index in [1.54, 1.807) is 4.90 Å². The summed E-state index contributed by atoms with van der Waals surface area (Å²) in [6.07, 6.45) is 5.05. The Labute approximate surface area is 175 Å². The maximum absolute atomic E-state index is 15.0. The molecule has 160 valence electrons. The van der Waals surface area contributed by atoms with Gasteiger partial charge in [-0.15, -0.1) is 0 Å². The van der Waals surface area contributed by atoms with Crippen LogP contribution in [0.1, 0.15) is 44.1 Å². The van der Waals surface area contributed by atoms with Crippen LogP contribution >= 0.6 is 0 Å². The molecule has 0 unspecified atom stereocenters. The van der Waals surface area contributed by atoms with E-state index in [4.69, 9.17) is 9.84 Å². The number of hydrogen-bond donors (Lipinski definition) is 0. The first-order valence-electron chi connectivity index (χ1n) is 10.7. The molecule has 0 bridgehead atoms. The minimum absolute atomic E-state index is 0.00562. The third kappa shape index (κ3) is 4.27. The van der Waals surface area contributed by atoms with Crippen LogP contribution in [0.2, 0.25) is 0 Å². The largest absolute Gasteiger partial charge is 0.565 e. The van der Waals surface area contributed by atoms with Gasteiger partial charge in [0.05, 0.1) is 6.10 Å². The van der Waals surface area contributed by atoms with E-state index in [2.05, 4.69) is 0 Å². The first kappa shape index (κ1) is 20.6. The molecule has 1 saturated heterocycles. The van der Waals surface area contributed by atoms with Crippen LogP contribution in [-0.4, -0.2) is 30.3 Å². The molecule has 1 aliphatic heterocycles. The standard InChI is InChI=1S/C24H27F2NO3/c1-15-19(6-3-7-22(15)30-18-4-2-5-18)17-13-20(25)24(21(26)14-17)27-10-8-16(9-11-27)12-23(28)29/h3,6-7,13-14,16,18H,2,4-5,8-12H2,1H3,(H,28,29)/p+1. The van der Waals surface area contributed by atoms with Crippen LogP contribution in [0.25, 0.3) is 11.1 Å². The van der Waals surface area contributed by atoms with Gasteiger partial charge in [-0.25, -0.2) is 8.78 Å². The Balaban J connectivity index is 1.55. The summed E-state index contributed by atoms with van der Waals surface area (Å²) in [6, 6.07) is 8.42. The van der Waals surface area contributed by atoms with Gasteiger partial charge >= 0.3 is 5.97 Å². The second-order valence-corrected chi connectivity index (χ2v) is 8.45. The molecule has 0 aromatic heterocycles. The van der Waals surface area contributed by atoms with Crippen molar-refractivity contribution in [1.82, 2.24) is 0 Å². The molecule has 0 atom stereocenters. The molecule has 0 amide bonds. The van der Waals surface area contributed by atoms with Crippen molar-refractivity contribution in [2.24, 2.45) is 5.92 Å². The zero-order chi connectivity index (χ0) is 21.3. The number of anilines is 1. The monoisotopic (exact) mass is 416 g/mol. The van der Waals surface area contributed by atoms with Crippen LogP contribution in [-0.2, 0) is 4.79 Å². The molecule has 2 aromatic rings. The zero-order valence-electron chi connectivity index (χ0n) is 17.2. The highest BCUT2D eigenvalue weighted by atomic mass is 19.1. The first-order valence-corrected chi connectivity index (χ1v) is 10.7. The van der Waals surface area contributed by atoms with Crippen molar-refractivity contribution in [3.63, 3.8) is 0 Å².